The first-order valence-corrected chi connectivity index (χ1v) is 8.98. The highest BCUT2D eigenvalue weighted by Crippen LogP contribution is 2.14. The van der Waals surface area contributed by atoms with Gasteiger partial charge in [0.15, 0.2) is 0 Å². The predicted octanol–water partition coefficient (Wildman–Crippen LogP) is 2.81. The number of nitrogens with one attached hydrogen (secondary N) is 2. The highest BCUT2D eigenvalue weighted by molar-refractivity contribution is 5.93. The molecule has 2 atom stereocenters. The van der Waals surface area contributed by atoms with Crippen molar-refractivity contribution >= 4 is 23.6 Å². The van der Waals surface area contributed by atoms with Crippen molar-refractivity contribution in [3.63, 3.8) is 0 Å². The molecule has 0 saturated carbocycles. The number of hydrogen-bond acceptors (Lipinski definition) is 4. The maximum atomic E-state index is 12.4. The zero-order chi connectivity index (χ0) is 20.8. The topological polar surface area (TPSA) is 87.7 Å². The number of rotatable bonds is 6. The van der Waals surface area contributed by atoms with E-state index in [0.717, 1.165) is 5.56 Å². The number of ether oxygens (including phenoxy) is 1. The lowest BCUT2D eigenvalue weighted by Crippen LogP contribution is -2.44. The van der Waals surface area contributed by atoms with E-state index in [2.05, 4.69) is 10.6 Å². The molecule has 0 heterocycles. The third kappa shape index (κ3) is 8.11. The first-order valence-electron chi connectivity index (χ1n) is 8.98. The molecule has 2 N–H and O–H groups in total. The fourth-order valence-corrected chi connectivity index (χ4v) is 2.14. The van der Waals surface area contributed by atoms with Crippen LogP contribution in [0.25, 0.3) is 0 Å². The highest BCUT2D eigenvalue weighted by Gasteiger charge is 2.24. The standard InChI is InChI=1S/C20H31N3O4/c1-13(14(2)21-19(26)27-20(3,4)5)18(25)22-16-10-8-15(9-11-16)12-17(24)23(6)7/h8-11,13-14H,12H2,1-7H3,(H,21,26)(H,22,25)/t13-,14+/m0/s1. The van der Waals surface area contributed by atoms with Gasteiger partial charge in [-0.2, -0.15) is 0 Å². The maximum absolute atomic E-state index is 12.4. The molecule has 27 heavy (non-hydrogen) atoms. The molecule has 0 unspecified atom stereocenters. The van der Waals surface area contributed by atoms with Crippen LogP contribution in [0, 0.1) is 5.92 Å². The minimum absolute atomic E-state index is 0.0162. The van der Waals surface area contributed by atoms with Crippen molar-refractivity contribution in [2.24, 2.45) is 5.92 Å². The van der Waals surface area contributed by atoms with Gasteiger partial charge in [0, 0.05) is 25.8 Å². The Morgan fingerprint density at radius 3 is 2.11 bits per heavy atom. The smallest absolute Gasteiger partial charge is 0.407 e. The minimum atomic E-state index is -0.592. The van der Waals surface area contributed by atoms with Crippen molar-refractivity contribution in [3.8, 4) is 0 Å². The summed E-state index contributed by atoms with van der Waals surface area (Å²) >= 11 is 0. The van der Waals surface area contributed by atoms with Crippen LogP contribution in [0.4, 0.5) is 10.5 Å². The number of carbonyl (C=O) groups is 3. The number of alkyl carbamates (subject to hydrolysis) is 1. The van der Waals surface area contributed by atoms with Gasteiger partial charge >= 0.3 is 6.09 Å². The Morgan fingerprint density at radius 2 is 1.63 bits per heavy atom. The summed E-state index contributed by atoms with van der Waals surface area (Å²) in [5, 5.41) is 5.50. The Balaban J connectivity index is 2.59. The van der Waals surface area contributed by atoms with E-state index in [0.29, 0.717) is 12.1 Å². The van der Waals surface area contributed by atoms with Gasteiger partial charge in [0.05, 0.1) is 12.3 Å². The number of hydrogen-bond donors (Lipinski definition) is 2. The van der Waals surface area contributed by atoms with Crippen LogP contribution < -0.4 is 10.6 Å². The third-order valence-electron chi connectivity index (χ3n) is 3.98. The van der Waals surface area contributed by atoms with Gasteiger partial charge in [0.25, 0.3) is 0 Å². The monoisotopic (exact) mass is 377 g/mol. The van der Waals surface area contributed by atoms with Crippen molar-refractivity contribution in [2.75, 3.05) is 19.4 Å². The molecule has 0 fully saturated rings. The van der Waals surface area contributed by atoms with Crippen LogP contribution in [0.2, 0.25) is 0 Å². The SMILES string of the molecule is C[C@H](C(=O)Nc1ccc(CC(=O)N(C)C)cc1)[C@@H](C)NC(=O)OC(C)(C)C. The molecular formula is C20H31N3O4. The molecule has 0 radical (unpaired) electrons. The van der Waals surface area contributed by atoms with E-state index in [1.165, 1.54) is 4.90 Å². The molecule has 7 nitrogen and oxygen atoms in total. The summed E-state index contributed by atoms with van der Waals surface area (Å²) < 4.78 is 5.21. The first-order chi connectivity index (χ1) is 12.4. The molecule has 0 spiro atoms. The maximum Gasteiger partial charge on any atom is 0.407 e. The highest BCUT2D eigenvalue weighted by atomic mass is 16.6. The number of likely N-dealkylation sites (N-methyl/N-ethyl adjacent to an activating group) is 1. The number of nitrogens with zero attached hydrogens (tertiary/aromatic N) is 1. The lowest BCUT2D eigenvalue weighted by atomic mass is 10.0. The normalized spacial score (nSPS) is 13.3. The zero-order valence-electron chi connectivity index (χ0n) is 17.3. The number of amides is 3. The second-order valence-electron chi connectivity index (χ2n) is 7.87. The molecule has 1 rings (SSSR count). The van der Waals surface area contributed by atoms with Crippen LogP contribution in [0.1, 0.15) is 40.2 Å². The van der Waals surface area contributed by atoms with Crippen molar-refractivity contribution in [3.05, 3.63) is 29.8 Å². The molecular weight excluding hydrogens is 346 g/mol. The van der Waals surface area contributed by atoms with Crippen molar-refractivity contribution in [1.29, 1.82) is 0 Å². The third-order valence-corrected chi connectivity index (χ3v) is 3.98. The molecule has 0 aliphatic heterocycles. The summed E-state index contributed by atoms with van der Waals surface area (Å²) in [6.45, 7) is 8.83. The van der Waals surface area contributed by atoms with Crippen LogP contribution in [0.3, 0.4) is 0 Å². The quantitative estimate of drug-likeness (QED) is 0.798. The molecule has 0 saturated heterocycles. The largest absolute Gasteiger partial charge is 0.444 e. The number of carbonyl (C=O) groups excluding carboxylic acids is 3. The number of benzene rings is 1. The lowest BCUT2D eigenvalue weighted by molar-refractivity contribution is -0.128. The molecule has 0 aliphatic carbocycles. The first kappa shape index (κ1) is 22.5. The summed E-state index contributed by atoms with van der Waals surface area (Å²) in [6.07, 6.45) is -0.237. The van der Waals surface area contributed by atoms with E-state index < -0.39 is 23.7 Å². The second kappa shape index (κ2) is 9.39. The van der Waals surface area contributed by atoms with Crippen LogP contribution in [0.15, 0.2) is 24.3 Å². The van der Waals surface area contributed by atoms with E-state index in [4.69, 9.17) is 4.74 Å². The van der Waals surface area contributed by atoms with E-state index in [9.17, 15) is 14.4 Å². The van der Waals surface area contributed by atoms with Gasteiger partial charge in [-0.25, -0.2) is 4.79 Å². The Kier molecular flexibility index (Phi) is 7.82. The predicted molar refractivity (Wildman–Crippen MR) is 105 cm³/mol. The summed E-state index contributed by atoms with van der Waals surface area (Å²) in [6, 6.07) is 6.74. The molecule has 0 aliphatic rings. The Labute approximate surface area is 161 Å². The Morgan fingerprint density at radius 1 is 1.07 bits per heavy atom. The summed E-state index contributed by atoms with van der Waals surface area (Å²) in [7, 11) is 3.43. The van der Waals surface area contributed by atoms with Gasteiger partial charge in [-0.1, -0.05) is 19.1 Å². The van der Waals surface area contributed by atoms with Crippen LogP contribution in [-0.2, 0) is 20.7 Å². The minimum Gasteiger partial charge on any atom is -0.444 e. The average Bonchev–Trinajstić information content (AvgIpc) is 2.53. The van der Waals surface area contributed by atoms with E-state index in [1.807, 2.05) is 12.1 Å². The Bertz CT molecular complexity index is 663. The van der Waals surface area contributed by atoms with E-state index in [1.54, 1.807) is 60.8 Å². The average molecular weight is 377 g/mol. The summed E-state index contributed by atoms with van der Waals surface area (Å²) in [4.78, 5) is 37.5. The molecule has 1 aromatic rings. The van der Waals surface area contributed by atoms with Crippen molar-refractivity contribution in [2.45, 2.75) is 52.7 Å². The molecule has 0 bridgehead atoms. The van der Waals surface area contributed by atoms with Crippen LogP contribution >= 0.6 is 0 Å². The molecule has 1 aromatic carbocycles. The van der Waals surface area contributed by atoms with Crippen molar-refractivity contribution in [1.82, 2.24) is 10.2 Å². The molecule has 7 heteroatoms. The van der Waals surface area contributed by atoms with E-state index in [-0.39, 0.29) is 11.8 Å². The van der Waals surface area contributed by atoms with Gasteiger partial charge in [0.1, 0.15) is 5.60 Å². The summed E-state index contributed by atoms with van der Waals surface area (Å²) in [5.41, 5.74) is 0.919. The second-order valence-corrected chi connectivity index (χ2v) is 7.87. The van der Waals surface area contributed by atoms with Gasteiger partial charge in [-0.15, -0.1) is 0 Å². The fourth-order valence-electron chi connectivity index (χ4n) is 2.14. The van der Waals surface area contributed by atoms with Gasteiger partial charge < -0.3 is 20.3 Å². The lowest BCUT2D eigenvalue weighted by Gasteiger charge is -2.24. The number of anilines is 1. The van der Waals surface area contributed by atoms with Gasteiger partial charge in [0.2, 0.25) is 11.8 Å². The fraction of sp³-hybridized carbons (Fsp3) is 0.550. The summed E-state index contributed by atoms with van der Waals surface area (Å²) in [5.74, 6) is -0.648. The van der Waals surface area contributed by atoms with E-state index >= 15 is 0 Å². The van der Waals surface area contributed by atoms with Crippen LogP contribution in [-0.4, -0.2) is 48.5 Å². The molecule has 150 valence electrons. The van der Waals surface area contributed by atoms with Crippen molar-refractivity contribution < 1.29 is 19.1 Å². The zero-order valence-corrected chi connectivity index (χ0v) is 17.3. The Hall–Kier alpha value is -2.57. The van der Waals surface area contributed by atoms with Gasteiger partial charge in [-0.05, 0) is 45.4 Å². The van der Waals surface area contributed by atoms with Gasteiger partial charge in [-0.3, -0.25) is 9.59 Å². The van der Waals surface area contributed by atoms with Crippen LogP contribution in [0.5, 0.6) is 0 Å². The molecule has 0 aromatic heterocycles. The molecule has 3 amide bonds.